The largest absolute Gasteiger partial charge is 0.474 e. The van der Waals surface area contributed by atoms with Gasteiger partial charge in [0, 0.05) is 12.3 Å². The number of sulfone groups is 1. The number of benzene rings is 2. The lowest BCUT2D eigenvalue weighted by atomic mass is 10.0. The average molecular weight is 696 g/mol. The Bertz CT molecular complexity index is 1470. The summed E-state index contributed by atoms with van der Waals surface area (Å²) in [6.07, 6.45) is 6.02. The fourth-order valence-electron chi connectivity index (χ4n) is 6.12. The molecule has 1 aromatic heterocycles. The molecule has 48 heavy (non-hydrogen) atoms. The highest BCUT2D eigenvalue weighted by molar-refractivity contribution is 7.91. The van der Waals surface area contributed by atoms with Crippen LogP contribution in [0, 0.1) is 12.8 Å². The second-order valence-corrected chi connectivity index (χ2v) is 20.2. The van der Waals surface area contributed by atoms with Crippen LogP contribution in [0.1, 0.15) is 98.6 Å². The smallest absolute Gasteiger partial charge is 0.306 e. The molecule has 0 spiro atoms. The molecule has 264 valence electrons. The molecule has 0 bridgehead atoms. The molecule has 0 saturated heterocycles. The van der Waals surface area contributed by atoms with Gasteiger partial charge in [-0.15, -0.1) is 0 Å². The van der Waals surface area contributed by atoms with Crippen molar-refractivity contribution >= 4 is 34.5 Å². The highest BCUT2D eigenvalue weighted by Gasteiger charge is 2.49. The molecule has 0 aliphatic carbocycles. The summed E-state index contributed by atoms with van der Waals surface area (Å²) in [7, 11) is -6.42. The van der Waals surface area contributed by atoms with Crippen LogP contribution in [0.2, 0.25) is 5.04 Å². The van der Waals surface area contributed by atoms with Gasteiger partial charge in [-0.25, -0.2) is 13.4 Å². The fraction of sp³-hybridized carbons (Fsp3) is 0.538. The number of nitrogens with zero attached hydrogens (tertiary/aromatic N) is 1. The first-order valence-electron chi connectivity index (χ1n) is 17.6. The van der Waals surface area contributed by atoms with Crippen LogP contribution in [0.15, 0.2) is 77.7 Å². The van der Waals surface area contributed by atoms with Crippen molar-refractivity contribution < 1.29 is 27.1 Å². The molecule has 1 heterocycles. The van der Waals surface area contributed by atoms with Gasteiger partial charge >= 0.3 is 5.97 Å². The number of carbonyl (C=O) groups is 1. The second-order valence-electron chi connectivity index (χ2n) is 13.9. The molecule has 1 unspecified atom stereocenters. The highest BCUT2D eigenvalue weighted by Crippen LogP contribution is 2.37. The van der Waals surface area contributed by atoms with E-state index in [0.717, 1.165) is 38.5 Å². The second kappa shape index (κ2) is 18.7. The van der Waals surface area contributed by atoms with E-state index >= 15 is 0 Å². The monoisotopic (exact) mass is 695 g/mol. The Morgan fingerprint density at radius 3 is 2.06 bits per heavy atom. The molecule has 0 radical (unpaired) electrons. The lowest BCUT2D eigenvalue weighted by Gasteiger charge is -2.43. The van der Waals surface area contributed by atoms with Gasteiger partial charge in [0.2, 0.25) is 5.88 Å². The lowest BCUT2D eigenvalue weighted by Crippen LogP contribution is -2.66. The molecule has 0 saturated carbocycles. The minimum Gasteiger partial charge on any atom is -0.474 e. The number of aryl methyl sites for hydroxylation is 1. The van der Waals surface area contributed by atoms with Crippen molar-refractivity contribution in [3.05, 3.63) is 78.5 Å². The van der Waals surface area contributed by atoms with Gasteiger partial charge in [-0.1, -0.05) is 115 Å². The molecule has 0 aliphatic rings. The fourth-order valence-corrected chi connectivity index (χ4v) is 12.0. The zero-order valence-electron chi connectivity index (χ0n) is 30.2. The lowest BCUT2D eigenvalue weighted by molar-refractivity contribution is -0.144. The predicted octanol–water partition coefficient (Wildman–Crippen LogP) is 7.83. The number of carbonyl (C=O) groups excluding carboxylic acids is 1. The molecule has 0 aliphatic heterocycles. The van der Waals surface area contributed by atoms with E-state index in [2.05, 4.69) is 88.1 Å². The van der Waals surface area contributed by atoms with Crippen molar-refractivity contribution in [2.45, 2.75) is 116 Å². The van der Waals surface area contributed by atoms with E-state index in [9.17, 15) is 13.2 Å². The van der Waals surface area contributed by atoms with Crippen molar-refractivity contribution in [2.75, 3.05) is 19.0 Å². The maximum atomic E-state index is 13.4. The first kappa shape index (κ1) is 39.4. The number of ether oxygens (including phenoxy) is 2. The maximum absolute atomic E-state index is 13.4. The average Bonchev–Trinajstić information content (AvgIpc) is 3.05. The summed E-state index contributed by atoms with van der Waals surface area (Å²) in [4.78, 5) is 16.9. The number of pyridine rings is 1. The van der Waals surface area contributed by atoms with Crippen molar-refractivity contribution in [3.63, 3.8) is 0 Å². The third-order valence-electron chi connectivity index (χ3n) is 8.95. The molecule has 2 atom stereocenters. The van der Waals surface area contributed by atoms with Crippen LogP contribution in [0.5, 0.6) is 5.88 Å². The van der Waals surface area contributed by atoms with Gasteiger partial charge < -0.3 is 13.9 Å². The quantitative estimate of drug-likeness (QED) is 0.0676. The third kappa shape index (κ3) is 11.0. The number of rotatable bonds is 20. The molecule has 3 rings (SSSR count). The third-order valence-corrected chi connectivity index (χ3v) is 15.7. The topological polar surface area (TPSA) is 91.8 Å². The zero-order valence-corrected chi connectivity index (χ0v) is 32.0. The van der Waals surface area contributed by atoms with Gasteiger partial charge in [-0.3, -0.25) is 4.79 Å². The van der Waals surface area contributed by atoms with E-state index in [4.69, 9.17) is 13.9 Å². The van der Waals surface area contributed by atoms with Crippen LogP contribution < -0.4 is 15.1 Å². The van der Waals surface area contributed by atoms with Gasteiger partial charge in [-0.2, -0.15) is 0 Å². The highest BCUT2D eigenvalue weighted by atomic mass is 32.2. The number of esters is 1. The van der Waals surface area contributed by atoms with Gasteiger partial charge in [0.1, 0.15) is 4.90 Å². The van der Waals surface area contributed by atoms with Crippen molar-refractivity contribution in [2.24, 2.45) is 5.92 Å². The molecule has 9 heteroatoms. The minimum absolute atomic E-state index is 0.0112. The Morgan fingerprint density at radius 2 is 1.50 bits per heavy atom. The number of unbranched alkanes of at least 4 members (excludes halogenated alkanes) is 2. The van der Waals surface area contributed by atoms with Crippen LogP contribution in [0.25, 0.3) is 0 Å². The Hall–Kier alpha value is -3.01. The standard InChI is InChI=1S/C39H57NO6SSi/c1-8-10-20-33(9-2)30-44-37(41)27-29-47(42,43)36-26-25-31(3)40-38(36)46-32(4)19-17-18-28-45-48(39(5,6)7,34-21-13-11-14-22-34)35-23-15-12-16-24-35/h11-16,21-26,32-33H,8-10,17-20,27-30H2,1-7H3/t32-,33?/m1/s1. The van der Waals surface area contributed by atoms with E-state index in [1.807, 2.05) is 19.1 Å². The van der Waals surface area contributed by atoms with Gasteiger partial charge in [0.25, 0.3) is 8.32 Å². The summed E-state index contributed by atoms with van der Waals surface area (Å²) in [5.74, 6) is -0.461. The molecule has 2 aromatic carbocycles. The SMILES string of the molecule is CCCCC(CC)COC(=O)CCS(=O)(=O)c1ccc(C)nc1O[C@H](C)CCCCO[Si](c1ccccc1)(c1ccccc1)C(C)(C)C. The maximum Gasteiger partial charge on any atom is 0.306 e. The summed E-state index contributed by atoms with van der Waals surface area (Å²) >= 11 is 0. The van der Waals surface area contributed by atoms with Gasteiger partial charge in [-0.05, 0) is 73.0 Å². The van der Waals surface area contributed by atoms with E-state index in [1.165, 1.54) is 16.4 Å². The van der Waals surface area contributed by atoms with E-state index in [-0.39, 0.29) is 34.1 Å². The Kier molecular flexibility index (Phi) is 15.3. The molecule has 3 aromatic rings. The molecule has 7 nitrogen and oxygen atoms in total. The number of aromatic nitrogens is 1. The van der Waals surface area contributed by atoms with E-state index in [0.29, 0.717) is 31.2 Å². The van der Waals surface area contributed by atoms with Crippen LogP contribution >= 0.6 is 0 Å². The summed E-state index contributed by atoms with van der Waals surface area (Å²) in [6.45, 7) is 15.7. The van der Waals surface area contributed by atoms with Crippen molar-refractivity contribution in [1.29, 1.82) is 0 Å². The van der Waals surface area contributed by atoms with Gasteiger partial charge in [0.15, 0.2) is 9.84 Å². The van der Waals surface area contributed by atoms with Crippen LogP contribution in [0.3, 0.4) is 0 Å². The Morgan fingerprint density at radius 1 is 0.875 bits per heavy atom. The zero-order chi connectivity index (χ0) is 35.2. The molecule has 0 N–H and O–H groups in total. The molecule has 0 fully saturated rings. The first-order chi connectivity index (χ1) is 22.8. The summed E-state index contributed by atoms with van der Waals surface area (Å²) in [5, 5.41) is 2.42. The molecule has 0 amide bonds. The van der Waals surface area contributed by atoms with Crippen LogP contribution in [-0.4, -0.2) is 52.8 Å². The molecular weight excluding hydrogens is 639 g/mol. The summed E-state index contributed by atoms with van der Waals surface area (Å²) in [5.41, 5.74) is 0.659. The first-order valence-corrected chi connectivity index (χ1v) is 21.2. The van der Waals surface area contributed by atoms with Crippen molar-refractivity contribution in [1.82, 2.24) is 4.98 Å². The summed E-state index contributed by atoms with van der Waals surface area (Å²) in [6, 6.07) is 24.4. The number of hydrogen-bond donors (Lipinski definition) is 0. The van der Waals surface area contributed by atoms with Crippen molar-refractivity contribution in [3.8, 4) is 5.88 Å². The Balaban J connectivity index is 1.60. The molecular formula is C39H57NO6SSi. The minimum atomic E-state index is -3.82. The van der Waals surface area contributed by atoms with E-state index in [1.54, 1.807) is 13.0 Å². The van der Waals surface area contributed by atoms with E-state index < -0.39 is 24.1 Å². The van der Waals surface area contributed by atoms with Crippen LogP contribution in [-0.2, 0) is 23.8 Å². The normalized spacial score (nSPS) is 13.6. The Labute approximate surface area is 290 Å². The van der Waals surface area contributed by atoms with Gasteiger partial charge in [0.05, 0.1) is 24.9 Å². The summed E-state index contributed by atoms with van der Waals surface area (Å²) < 4.78 is 45.3. The van der Waals surface area contributed by atoms with Crippen LogP contribution in [0.4, 0.5) is 0 Å². The number of hydrogen-bond acceptors (Lipinski definition) is 7. The predicted molar refractivity (Wildman–Crippen MR) is 197 cm³/mol.